The molecule has 1 aliphatic heterocycles. The maximum atomic E-state index is 4.11. The highest BCUT2D eigenvalue weighted by Crippen LogP contribution is 2.13. The highest BCUT2D eigenvalue weighted by Gasteiger charge is 2.14. The standard InChI is InChI=1S/C7H12N4.2ClH/c1-2-7(4-8-3-1)11-6-9-5-10-11;;/h5-8H,1-4H2;2*1H. The first-order chi connectivity index (χ1) is 5.47. The van der Waals surface area contributed by atoms with Gasteiger partial charge in [-0.25, -0.2) is 9.67 Å². The van der Waals surface area contributed by atoms with Gasteiger partial charge < -0.3 is 5.32 Å². The topological polar surface area (TPSA) is 42.7 Å². The van der Waals surface area contributed by atoms with E-state index in [4.69, 9.17) is 0 Å². The lowest BCUT2D eigenvalue weighted by molar-refractivity contribution is 0.346. The maximum Gasteiger partial charge on any atom is 0.137 e. The molecular formula is C7H14Cl2N4. The van der Waals surface area contributed by atoms with E-state index in [-0.39, 0.29) is 24.8 Å². The number of nitrogens with zero attached hydrogens (tertiary/aromatic N) is 3. The largest absolute Gasteiger partial charge is 0.315 e. The van der Waals surface area contributed by atoms with Crippen molar-refractivity contribution in [2.24, 2.45) is 0 Å². The maximum absolute atomic E-state index is 4.11. The Bertz CT molecular complexity index is 208. The van der Waals surface area contributed by atoms with E-state index >= 15 is 0 Å². The Balaban J connectivity index is 0.000000720. The zero-order valence-electron chi connectivity index (χ0n) is 7.22. The van der Waals surface area contributed by atoms with E-state index in [1.807, 2.05) is 4.68 Å². The zero-order valence-corrected chi connectivity index (χ0v) is 8.85. The average Bonchev–Trinajstić information content (AvgIpc) is 2.58. The Morgan fingerprint density at radius 1 is 1.38 bits per heavy atom. The zero-order chi connectivity index (χ0) is 7.52. The van der Waals surface area contributed by atoms with Crippen molar-refractivity contribution in [2.75, 3.05) is 13.1 Å². The SMILES string of the molecule is Cl.Cl.c1ncn(C2CCCNC2)n1. The van der Waals surface area contributed by atoms with Crippen LogP contribution >= 0.6 is 24.8 Å². The molecule has 0 radical (unpaired) electrons. The first kappa shape index (κ1) is 12.7. The van der Waals surface area contributed by atoms with Gasteiger partial charge in [0.15, 0.2) is 0 Å². The first-order valence-corrected chi connectivity index (χ1v) is 4.01. The molecule has 1 aromatic heterocycles. The number of halogens is 2. The van der Waals surface area contributed by atoms with Gasteiger partial charge in [-0.15, -0.1) is 24.8 Å². The molecule has 1 aromatic rings. The lowest BCUT2D eigenvalue weighted by Crippen LogP contribution is -2.31. The lowest BCUT2D eigenvalue weighted by Gasteiger charge is -2.22. The van der Waals surface area contributed by atoms with Crippen molar-refractivity contribution in [2.45, 2.75) is 18.9 Å². The Labute approximate surface area is 89.9 Å². The minimum absolute atomic E-state index is 0. The van der Waals surface area contributed by atoms with E-state index in [9.17, 15) is 0 Å². The molecule has 76 valence electrons. The average molecular weight is 225 g/mol. The fraction of sp³-hybridized carbons (Fsp3) is 0.714. The molecule has 1 unspecified atom stereocenters. The Kier molecular flexibility index (Phi) is 6.03. The Hall–Kier alpha value is -0.320. The Morgan fingerprint density at radius 2 is 2.23 bits per heavy atom. The van der Waals surface area contributed by atoms with Gasteiger partial charge in [-0.2, -0.15) is 5.10 Å². The lowest BCUT2D eigenvalue weighted by atomic mass is 10.1. The summed E-state index contributed by atoms with van der Waals surface area (Å²) in [5, 5.41) is 7.44. The van der Waals surface area contributed by atoms with Gasteiger partial charge >= 0.3 is 0 Å². The molecule has 1 aliphatic rings. The molecule has 0 bridgehead atoms. The molecule has 0 aliphatic carbocycles. The van der Waals surface area contributed by atoms with Crippen molar-refractivity contribution in [3.8, 4) is 0 Å². The molecule has 0 spiro atoms. The van der Waals surface area contributed by atoms with Crippen LogP contribution in [0.4, 0.5) is 0 Å². The summed E-state index contributed by atoms with van der Waals surface area (Å²) in [4.78, 5) is 3.92. The molecule has 1 atom stereocenters. The Morgan fingerprint density at radius 3 is 2.77 bits per heavy atom. The number of rotatable bonds is 1. The second-order valence-corrected chi connectivity index (χ2v) is 2.88. The van der Waals surface area contributed by atoms with E-state index in [1.165, 1.54) is 12.8 Å². The van der Waals surface area contributed by atoms with Gasteiger partial charge in [-0.05, 0) is 19.4 Å². The molecule has 13 heavy (non-hydrogen) atoms. The number of piperidine rings is 1. The van der Waals surface area contributed by atoms with Crippen molar-refractivity contribution < 1.29 is 0 Å². The van der Waals surface area contributed by atoms with Crippen LogP contribution in [-0.4, -0.2) is 27.9 Å². The third kappa shape index (κ3) is 3.14. The number of aromatic nitrogens is 3. The molecule has 1 saturated heterocycles. The fourth-order valence-electron chi connectivity index (χ4n) is 1.47. The van der Waals surface area contributed by atoms with Crippen molar-refractivity contribution in [3.05, 3.63) is 12.7 Å². The van der Waals surface area contributed by atoms with Crippen LogP contribution in [0, 0.1) is 0 Å². The summed E-state index contributed by atoms with van der Waals surface area (Å²) < 4.78 is 1.94. The summed E-state index contributed by atoms with van der Waals surface area (Å²) in [7, 11) is 0. The molecule has 2 heterocycles. The van der Waals surface area contributed by atoms with E-state index in [0.29, 0.717) is 6.04 Å². The van der Waals surface area contributed by atoms with Crippen LogP contribution in [0.25, 0.3) is 0 Å². The van der Waals surface area contributed by atoms with Crippen LogP contribution in [0.3, 0.4) is 0 Å². The predicted molar refractivity (Wildman–Crippen MR) is 55.7 cm³/mol. The van der Waals surface area contributed by atoms with Gasteiger partial charge in [0, 0.05) is 6.54 Å². The van der Waals surface area contributed by atoms with Crippen molar-refractivity contribution in [3.63, 3.8) is 0 Å². The van der Waals surface area contributed by atoms with Crippen LogP contribution in [-0.2, 0) is 0 Å². The smallest absolute Gasteiger partial charge is 0.137 e. The summed E-state index contributed by atoms with van der Waals surface area (Å²) in [6.07, 6.45) is 5.84. The second-order valence-electron chi connectivity index (χ2n) is 2.88. The number of hydrogen-bond acceptors (Lipinski definition) is 3. The van der Waals surface area contributed by atoms with Crippen LogP contribution in [0.1, 0.15) is 18.9 Å². The van der Waals surface area contributed by atoms with Crippen LogP contribution in [0.2, 0.25) is 0 Å². The fourth-order valence-corrected chi connectivity index (χ4v) is 1.47. The molecule has 0 aromatic carbocycles. The minimum Gasteiger partial charge on any atom is -0.315 e. The third-order valence-electron chi connectivity index (χ3n) is 2.08. The third-order valence-corrected chi connectivity index (χ3v) is 2.08. The van der Waals surface area contributed by atoms with E-state index in [1.54, 1.807) is 12.7 Å². The van der Waals surface area contributed by atoms with Crippen LogP contribution < -0.4 is 5.32 Å². The molecule has 1 N–H and O–H groups in total. The highest BCUT2D eigenvalue weighted by molar-refractivity contribution is 5.85. The summed E-state index contributed by atoms with van der Waals surface area (Å²) in [6, 6.07) is 0.520. The summed E-state index contributed by atoms with van der Waals surface area (Å²) >= 11 is 0. The second kappa shape index (κ2) is 6.18. The molecule has 6 heteroatoms. The van der Waals surface area contributed by atoms with Crippen molar-refractivity contribution in [1.82, 2.24) is 20.1 Å². The van der Waals surface area contributed by atoms with Gasteiger partial charge in [-0.1, -0.05) is 0 Å². The van der Waals surface area contributed by atoms with Gasteiger partial charge in [0.25, 0.3) is 0 Å². The molecule has 4 nitrogen and oxygen atoms in total. The highest BCUT2D eigenvalue weighted by atomic mass is 35.5. The number of hydrogen-bond donors (Lipinski definition) is 1. The molecular weight excluding hydrogens is 211 g/mol. The molecule has 0 saturated carbocycles. The van der Waals surface area contributed by atoms with Gasteiger partial charge in [0.05, 0.1) is 6.04 Å². The van der Waals surface area contributed by atoms with Crippen LogP contribution in [0.5, 0.6) is 0 Å². The number of nitrogens with one attached hydrogen (secondary N) is 1. The molecule has 0 amide bonds. The minimum atomic E-state index is 0. The predicted octanol–water partition coefficient (Wildman–Crippen LogP) is 1.05. The normalized spacial score (nSPS) is 21.4. The summed E-state index contributed by atoms with van der Waals surface area (Å²) in [5.41, 5.74) is 0. The van der Waals surface area contributed by atoms with E-state index in [0.717, 1.165) is 13.1 Å². The van der Waals surface area contributed by atoms with E-state index in [2.05, 4.69) is 15.4 Å². The van der Waals surface area contributed by atoms with Gasteiger partial charge in [0.1, 0.15) is 12.7 Å². The van der Waals surface area contributed by atoms with Gasteiger partial charge in [-0.3, -0.25) is 0 Å². The van der Waals surface area contributed by atoms with Crippen LogP contribution in [0.15, 0.2) is 12.7 Å². The quantitative estimate of drug-likeness (QED) is 0.776. The van der Waals surface area contributed by atoms with Crippen molar-refractivity contribution >= 4 is 24.8 Å². The summed E-state index contributed by atoms with van der Waals surface area (Å²) in [5.74, 6) is 0. The van der Waals surface area contributed by atoms with E-state index < -0.39 is 0 Å². The van der Waals surface area contributed by atoms with Gasteiger partial charge in [0.2, 0.25) is 0 Å². The molecule has 1 fully saturated rings. The molecule has 2 rings (SSSR count). The summed E-state index contributed by atoms with van der Waals surface area (Å²) in [6.45, 7) is 2.18. The monoisotopic (exact) mass is 224 g/mol. The van der Waals surface area contributed by atoms with Crippen molar-refractivity contribution in [1.29, 1.82) is 0 Å². The first-order valence-electron chi connectivity index (χ1n) is 4.01.